The van der Waals surface area contributed by atoms with Crippen molar-refractivity contribution in [3.05, 3.63) is 21.2 Å². The molecule has 1 aromatic rings. The van der Waals surface area contributed by atoms with Crippen LogP contribution in [0.1, 0.15) is 12.8 Å². The molecule has 2 N–H and O–H groups in total. The second kappa shape index (κ2) is 4.42. The fourth-order valence-corrected chi connectivity index (χ4v) is 3.12. The molecule has 5 nitrogen and oxygen atoms in total. The molecule has 3 aliphatic rings. The summed E-state index contributed by atoms with van der Waals surface area (Å²) in [6.07, 6.45) is 3.94. The summed E-state index contributed by atoms with van der Waals surface area (Å²) in [7, 11) is 0. The number of piperidine rings is 3. The lowest BCUT2D eigenvalue weighted by molar-refractivity contribution is 0.0973. The Morgan fingerprint density at radius 1 is 1.47 bits per heavy atom. The summed E-state index contributed by atoms with van der Waals surface area (Å²) in [6, 6.07) is 0.420. The van der Waals surface area contributed by atoms with Crippen LogP contribution in [-0.4, -0.2) is 40.5 Å². The van der Waals surface area contributed by atoms with Gasteiger partial charge in [0.2, 0.25) is 0 Å². The Balaban J connectivity index is 1.79. The maximum atomic E-state index is 11.4. The highest BCUT2D eigenvalue weighted by atomic mass is 79.9. The topological polar surface area (TPSA) is 61.0 Å². The molecule has 1 aromatic heterocycles. The maximum absolute atomic E-state index is 11.4. The molecular weight excluding hydrogens is 284 g/mol. The summed E-state index contributed by atoms with van der Waals surface area (Å²) >= 11 is 3.28. The first-order chi connectivity index (χ1) is 8.24. The van der Waals surface area contributed by atoms with Gasteiger partial charge in [0, 0.05) is 12.6 Å². The van der Waals surface area contributed by atoms with Crippen LogP contribution >= 0.6 is 15.9 Å². The molecule has 4 rings (SSSR count). The summed E-state index contributed by atoms with van der Waals surface area (Å²) in [6.45, 7) is 3.49. The van der Waals surface area contributed by atoms with E-state index < -0.39 is 0 Å². The van der Waals surface area contributed by atoms with Crippen molar-refractivity contribution in [2.45, 2.75) is 18.9 Å². The van der Waals surface area contributed by atoms with Gasteiger partial charge in [0.05, 0.1) is 6.33 Å². The van der Waals surface area contributed by atoms with Crippen LogP contribution in [0.25, 0.3) is 0 Å². The van der Waals surface area contributed by atoms with E-state index in [0.29, 0.717) is 22.3 Å². The van der Waals surface area contributed by atoms with Gasteiger partial charge < -0.3 is 15.2 Å². The molecule has 92 valence electrons. The van der Waals surface area contributed by atoms with Gasteiger partial charge in [-0.3, -0.25) is 4.79 Å². The lowest BCUT2D eigenvalue weighted by Crippen LogP contribution is -2.53. The average molecular weight is 299 g/mol. The van der Waals surface area contributed by atoms with Gasteiger partial charge in [-0.2, -0.15) is 0 Å². The Labute approximate surface area is 108 Å². The van der Waals surface area contributed by atoms with Crippen molar-refractivity contribution in [3.63, 3.8) is 0 Å². The molecular formula is C11H15BrN4O. The van der Waals surface area contributed by atoms with Gasteiger partial charge >= 0.3 is 0 Å². The molecule has 2 bridgehead atoms. The van der Waals surface area contributed by atoms with E-state index in [2.05, 4.69) is 36.1 Å². The van der Waals surface area contributed by atoms with Crippen LogP contribution in [0, 0.1) is 5.92 Å². The zero-order valence-electron chi connectivity index (χ0n) is 9.45. The smallest absolute Gasteiger partial charge is 0.267 e. The predicted octanol–water partition coefficient (Wildman–Crippen LogP) is 1.04. The second-order valence-electron chi connectivity index (χ2n) is 4.78. The number of hydrogen-bond donors (Lipinski definition) is 2. The molecule has 4 heterocycles. The van der Waals surface area contributed by atoms with Crippen LogP contribution in [0.3, 0.4) is 0 Å². The fourth-order valence-electron chi connectivity index (χ4n) is 2.79. The van der Waals surface area contributed by atoms with Crippen LogP contribution in [0.2, 0.25) is 0 Å². The number of hydrogen-bond acceptors (Lipinski definition) is 4. The molecule has 0 spiro atoms. The Hall–Kier alpha value is -0.880. The van der Waals surface area contributed by atoms with Crippen LogP contribution in [0.15, 0.2) is 15.6 Å². The zero-order chi connectivity index (χ0) is 11.8. The minimum absolute atomic E-state index is 0.135. The number of anilines is 1. The van der Waals surface area contributed by atoms with E-state index in [0.717, 1.165) is 6.54 Å². The largest absolute Gasteiger partial charge is 0.365 e. The monoisotopic (exact) mass is 298 g/mol. The highest BCUT2D eigenvalue weighted by Gasteiger charge is 2.34. The lowest BCUT2D eigenvalue weighted by atomic mass is 9.84. The summed E-state index contributed by atoms with van der Waals surface area (Å²) in [5.41, 5.74) is -0.135. The van der Waals surface area contributed by atoms with E-state index in [1.54, 1.807) is 0 Å². The normalized spacial score (nSPS) is 31.5. The van der Waals surface area contributed by atoms with E-state index in [9.17, 15) is 4.79 Å². The third-order valence-corrected chi connectivity index (χ3v) is 4.51. The first kappa shape index (κ1) is 11.2. The standard InChI is InChI=1S/C11H15BrN4O/c12-9-10(13-6-14-11(9)17)15-8-5-16-3-1-7(8)2-4-16/h6-8H,1-5H2,(H2,13,14,15,17). The molecule has 3 saturated heterocycles. The molecule has 1 unspecified atom stereocenters. The minimum atomic E-state index is -0.135. The van der Waals surface area contributed by atoms with E-state index in [-0.39, 0.29) is 5.56 Å². The Morgan fingerprint density at radius 2 is 2.24 bits per heavy atom. The number of aromatic nitrogens is 2. The van der Waals surface area contributed by atoms with Crippen molar-refractivity contribution in [2.24, 2.45) is 5.92 Å². The molecule has 1 atom stereocenters. The summed E-state index contributed by atoms with van der Waals surface area (Å²) in [4.78, 5) is 20.7. The number of H-pyrrole nitrogens is 1. The maximum Gasteiger partial charge on any atom is 0.267 e. The Morgan fingerprint density at radius 3 is 2.88 bits per heavy atom. The fraction of sp³-hybridized carbons (Fsp3) is 0.636. The molecule has 17 heavy (non-hydrogen) atoms. The molecule has 3 aliphatic heterocycles. The molecule has 0 saturated carbocycles. The summed E-state index contributed by atoms with van der Waals surface area (Å²) in [5.74, 6) is 1.38. The number of aromatic amines is 1. The van der Waals surface area contributed by atoms with E-state index in [4.69, 9.17) is 0 Å². The first-order valence-electron chi connectivity index (χ1n) is 5.96. The van der Waals surface area contributed by atoms with Crippen LogP contribution in [0.4, 0.5) is 5.82 Å². The molecule has 3 fully saturated rings. The van der Waals surface area contributed by atoms with Gasteiger partial charge in [-0.1, -0.05) is 0 Å². The number of fused-ring (bicyclic) bond motifs is 3. The van der Waals surface area contributed by atoms with E-state index >= 15 is 0 Å². The van der Waals surface area contributed by atoms with Crippen molar-refractivity contribution >= 4 is 21.7 Å². The highest BCUT2D eigenvalue weighted by Crippen LogP contribution is 2.30. The number of halogens is 1. The first-order valence-corrected chi connectivity index (χ1v) is 6.75. The van der Waals surface area contributed by atoms with Gasteiger partial charge in [0.1, 0.15) is 10.3 Å². The third kappa shape index (κ3) is 2.11. The van der Waals surface area contributed by atoms with Crippen molar-refractivity contribution in [2.75, 3.05) is 25.0 Å². The van der Waals surface area contributed by atoms with E-state index in [1.165, 1.54) is 32.3 Å². The molecule has 0 radical (unpaired) electrons. The molecule has 0 aliphatic carbocycles. The predicted molar refractivity (Wildman–Crippen MR) is 69.1 cm³/mol. The molecule has 0 amide bonds. The number of nitrogens with zero attached hydrogens (tertiary/aromatic N) is 2. The van der Waals surface area contributed by atoms with Crippen LogP contribution < -0.4 is 10.9 Å². The van der Waals surface area contributed by atoms with Crippen molar-refractivity contribution < 1.29 is 0 Å². The summed E-state index contributed by atoms with van der Waals surface area (Å²) < 4.78 is 0.497. The number of nitrogens with one attached hydrogen (secondary N) is 2. The van der Waals surface area contributed by atoms with Crippen molar-refractivity contribution in [3.8, 4) is 0 Å². The number of rotatable bonds is 2. The van der Waals surface area contributed by atoms with Gasteiger partial charge in [0.15, 0.2) is 0 Å². The van der Waals surface area contributed by atoms with Crippen LogP contribution in [-0.2, 0) is 0 Å². The van der Waals surface area contributed by atoms with Crippen molar-refractivity contribution in [1.29, 1.82) is 0 Å². The molecule has 6 heteroatoms. The third-order valence-electron chi connectivity index (χ3n) is 3.77. The van der Waals surface area contributed by atoms with Gasteiger partial charge in [-0.25, -0.2) is 4.98 Å². The minimum Gasteiger partial charge on any atom is -0.365 e. The lowest BCUT2D eigenvalue weighted by Gasteiger charge is -2.45. The quantitative estimate of drug-likeness (QED) is 0.856. The van der Waals surface area contributed by atoms with Crippen molar-refractivity contribution in [1.82, 2.24) is 14.9 Å². The van der Waals surface area contributed by atoms with Gasteiger partial charge in [-0.05, 0) is 47.8 Å². The Kier molecular flexibility index (Phi) is 2.92. The van der Waals surface area contributed by atoms with Gasteiger partial charge in [-0.15, -0.1) is 0 Å². The average Bonchev–Trinajstić information content (AvgIpc) is 2.36. The van der Waals surface area contributed by atoms with Gasteiger partial charge in [0.25, 0.3) is 5.56 Å². The Bertz CT molecular complexity index is 467. The SMILES string of the molecule is O=c1[nH]cnc(NC2CN3CCC2CC3)c1Br. The second-order valence-corrected chi connectivity index (χ2v) is 5.58. The zero-order valence-corrected chi connectivity index (χ0v) is 11.0. The summed E-state index contributed by atoms with van der Waals surface area (Å²) in [5, 5.41) is 3.40. The van der Waals surface area contributed by atoms with Crippen LogP contribution in [0.5, 0.6) is 0 Å². The van der Waals surface area contributed by atoms with E-state index in [1.807, 2.05) is 0 Å². The molecule has 0 aromatic carbocycles. The highest BCUT2D eigenvalue weighted by molar-refractivity contribution is 9.10.